The average Bonchev–Trinajstić information content (AvgIpc) is 3.11. The Morgan fingerprint density at radius 2 is 1.44 bits per heavy atom. The zero-order valence-corrected chi connectivity index (χ0v) is 21.8. The van der Waals surface area contributed by atoms with Crippen LogP contribution in [0.5, 0.6) is 0 Å². The summed E-state index contributed by atoms with van der Waals surface area (Å²) in [5, 5.41) is 19.8. The third-order valence-electron chi connectivity index (χ3n) is 11.5. The fourth-order valence-electron chi connectivity index (χ4n) is 9.66. The second-order valence-electron chi connectivity index (χ2n) is 13.2. The first-order valence-corrected chi connectivity index (χ1v) is 13.7. The molecular formula is C28H42F6O2. The molecule has 0 saturated heterocycles. The van der Waals surface area contributed by atoms with Gasteiger partial charge in [0.2, 0.25) is 0 Å². The lowest BCUT2D eigenvalue weighted by Gasteiger charge is -2.63. The van der Waals surface area contributed by atoms with E-state index in [9.17, 15) is 36.6 Å². The van der Waals surface area contributed by atoms with Crippen LogP contribution in [-0.2, 0) is 0 Å². The van der Waals surface area contributed by atoms with Crippen molar-refractivity contribution >= 4 is 0 Å². The molecular weight excluding hydrogens is 482 g/mol. The van der Waals surface area contributed by atoms with Crippen molar-refractivity contribution in [2.24, 2.45) is 52.3 Å². The monoisotopic (exact) mass is 524 g/mol. The Labute approximate surface area is 210 Å². The molecule has 8 heteroatoms. The quantitative estimate of drug-likeness (QED) is 0.292. The maximum absolute atomic E-state index is 13.0. The Kier molecular flexibility index (Phi) is 7.19. The van der Waals surface area contributed by atoms with Crippen molar-refractivity contribution in [3.63, 3.8) is 0 Å². The van der Waals surface area contributed by atoms with Crippen molar-refractivity contribution in [1.82, 2.24) is 0 Å². The summed E-state index contributed by atoms with van der Waals surface area (Å²) in [6.07, 6.45) is -2.91. The van der Waals surface area contributed by atoms with Crippen LogP contribution < -0.4 is 0 Å². The second-order valence-corrected chi connectivity index (χ2v) is 13.2. The van der Waals surface area contributed by atoms with Gasteiger partial charge in [-0.15, -0.1) is 0 Å². The van der Waals surface area contributed by atoms with Crippen LogP contribution in [0.3, 0.4) is 0 Å². The molecule has 0 aromatic rings. The highest BCUT2D eigenvalue weighted by atomic mass is 19.4. The number of aliphatic hydroxyl groups is 2. The van der Waals surface area contributed by atoms with E-state index in [0.717, 1.165) is 57.4 Å². The highest BCUT2D eigenvalue weighted by Gasteiger charge is 2.69. The van der Waals surface area contributed by atoms with Crippen LogP contribution in [0.1, 0.15) is 85.5 Å². The normalized spacial score (nSPS) is 44.7. The summed E-state index contributed by atoms with van der Waals surface area (Å²) in [5.41, 5.74) is -4.57. The molecule has 2 N–H and O–H groups in total. The number of allylic oxidation sites excluding steroid dienone is 1. The Balaban J connectivity index is 1.49. The van der Waals surface area contributed by atoms with E-state index in [2.05, 4.69) is 20.8 Å². The van der Waals surface area contributed by atoms with Gasteiger partial charge in [0.15, 0.2) is 0 Å². The van der Waals surface area contributed by atoms with Gasteiger partial charge < -0.3 is 10.2 Å². The lowest BCUT2D eigenvalue weighted by Crippen LogP contribution is -2.56. The molecule has 4 saturated carbocycles. The van der Waals surface area contributed by atoms with Gasteiger partial charge in [0.1, 0.15) is 0 Å². The molecule has 0 aromatic heterocycles. The van der Waals surface area contributed by atoms with Gasteiger partial charge in [0.05, 0.1) is 6.10 Å². The fourth-order valence-corrected chi connectivity index (χ4v) is 9.66. The van der Waals surface area contributed by atoms with Crippen molar-refractivity contribution in [2.75, 3.05) is 0 Å². The standard InChI is InChI=1S/C28H42F6O2/c1-16(6-5-11-26(36,27(29,30)31)28(32,33)34)20-7-8-21-19-14-17(2)23-15-18(35)9-12-25(23,4)22(19)10-13-24(20,21)3/h5,11,16-23,35-36H,6-10,12-15H2,1-4H3/b11-5+/t16?,17-,18+,19?,20?,21?,22?,23-,24?,25?/m0/s1. The molecule has 4 aliphatic carbocycles. The van der Waals surface area contributed by atoms with E-state index in [4.69, 9.17) is 0 Å². The van der Waals surface area contributed by atoms with Crippen molar-refractivity contribution in [3.8, 4) is 0 Å². The van der Waals surface area contributed by atoms with E-state index in [1.807, 2.05) is 6.92 Å². The SMILES string of the molecule is CC(C/C=C/C(O)(C(F)(F)F)C(F)(F)F)C1CCC2C3C[C@H](C)[C@@H]4C[C@H](O)CCC4(C)C3CCC12C. The molecule has 0 aromatic carbocycles. The molecule has 0 bridgehead atoms. The number of alkyl halides is 6. The van der Waals surface area contributed by atoms with Crippen LogP contribution >= 0.6 is 0 Å². The lowest BCUT2D eigenvalue weighted by molar-refractivity contribution is -0.347. The van der Waals surface area contributed by atoms with Crippen LogP contribution in [0.4, 0.5) is 26.3 Å². The molecule has 208 valence electrons. The minimum Gasteiger partial charge on any atom is -0.393 e. The summed E-state index contributed by atoms with van der Waals surface area (Å²) in [4.78, 5) is 0. The molecule has 4 fully saturated rings. The molecule has 4 aliphatic rings. The van der Waals surface area contributed by atoms with Gasteiger partial charge in [-0.05, 0) is 116 Å². The first kappa shape index (κ1) is 28.3. The Hall–Kier alpha value is -0.760. The summed E-state index contributed by atoms with van der Waals surface area (Å²) < 4.78 is 78.2. The van der Waals surface area contributed by atoms with Crippen LogP contribution in [0, 0.1) is 52.3 Å². The van der Waals surface area contributed by atoms with E-state index in [0.29, 0.717) is 29.6 Å². The Morgan fingerprint density at radius 3 is 2.06 bits per heavy atom. The van der Waals surface area contributed by atoms with Gasteiger partial charge in [-0.2, -0.15) is 26.3 Å². The summed E-state index contributed by atoms with van der Waals surface area (Å²) in [6, 6.07) is 0. The lowest BCUT2D eigenvalue weighted by atomic mass is 9.42. The molecule has 0 amide bonds. The van der Waals surface area contributed by atoms with Crippen molar-refractivity contribution in [2.45, 2.75) is 110 Å². The summed E-state index contributed by atoms with van der Waals surface area (Å²) in [6.45, 7) is 8.99. The van der Waals surface area contributed by atoms with Gasteiger partial charge in [-0.1, -0.05) is 33.8 Å². The van der Waals surface area contributed by atoms with E-state index in [-0.39, 0.29) is 41.3 Å². The predicted octanol–water partition coefficient (Wildman–Crippen LogP) is 7.69. The molecule has 4 rings (SSSR count). The van der Waals surface area contributed by atoms with Gasteiger partial charge in [-0.25, -0.2) is 0 Å². The van der Waals surface area contributed by atoms with E-state index in [1.54, 1.807) is 0 Å². The smallest absolute Gasteiger partial charge is 0.393 e. The van der Waals surface area contributed by atoms with Gasteiger partial charge in [-0.3, -0.25) is 0 Å². The second kappa shape index (κ2) is 9.17. The molecule has 0 heterocycles. The number of hydrogen-bond donors (Lipinski definition) is 2. The Bertz CT molecular complexity index is 823. The zero-order valence-electron chi connectivity index (χ0n) is 21.8. The van der Waals surface area contributed by atoms with Crippen molar-refractivity contribution in [3.05, 3.63) is 12.2 Å². The number of aliphatic hydroxyl groups excluding tert-OH is 1. The highest BCUT2D eigenvalue weighted by Crippen LogP contribution is 2.69. The first-order valence-electron chi connectivity index (χ1n) is 13.7. The number of rotatable bonds is 4. The van der Waals surface area contributed by atoms with Gasteiger partial charge >= 0.3 is 12.4 Å². The number of halogens is 6. The molecule has 36 heavy (non-hydrogen) atoms. The first-order chi connectivity index (χ1) is 16.5. The van der Waals surface area contributed by atoms with Gasteiger partial charge in [0.25, 0.3) is 5.60 Å². The maximum Gasteiger partial charge on any atom is 0.429 e. The molecule has 0 aliphatic heterocycles. The number of hydrogen-bond acceptors (Lipinski definition) is 2. The third kappa shape index (κ3) is 4.34. The molecule has 7 unspecified atom stereocenters. The molecule has 10 atom stereocenters. The fraction of sp³-hybridized carbons (Fsp3) is 0.929. The maximum atomic E-state index is 13.0. The van der Waals surface area contributed by atoms with Crippen molar-refractivity contribution in [1.29, 1.82) is 0 Å². The van der Waals surface area contributed by atoms with Gasteiger partial charge in [0, 0.05) is 0 Å². The predicted molar refractivity (Wildman–Crippen MR) is 126 cm³/mol. The minimum atomic E-state index is -5.82. The van der Waals surface area contributed by atoms with Crippen LogP contribution in [-0.4, -0.2) is 34.3 Å². The largest absolute Gasteiger partial charge is 0.429 e. The van der Waals surface area contributed by atoms with Crippen LogP contribution in [0.25, 0.3) is 0 Å². The molecule has 0 spiro atoms. The Morgan fingerprint density at radius 1 is 0.861 bits per heavy atom. The summed E-state index contributed by atoms with van der Waals surface area (Å²) in [7, 11) is 0. The van der Waals surface area contributed by atoms with Crippen molar-refractivity contribution < 1.29 is 36.6 Å². The van der Waals surface area contributed by atoms with E-state index in [1.165, 1.54) is 0 Å². The topological polar surface area (TPSA) is 40.5 Å². The van der Waals surface area contributed by atoms with Crippen LogP contribution in [0.2, 0.25) is 0 Å². The summed E-state index contributed by atoms with van der Waals surface area (Å²) >= 11 is 0. The number of fused-ring (bicyclic) bond motifs is 5. The van der Waals surface area contributed by atoms with E-state index < -0.39 is 18.0 Å². The van der Waals surface area contributed by atoms with Crippen LogP contribution in [0.15, 0.2) is 12.2 Å². The average molecular weight is 525 g/mol. The minimum absolute atomic E-state index is 0.0237. The zero-order chi connectivity index (χ0) is 26.9. The van der Waals surface area contributed by atoms with E-state index >= 15 is 0 Å². The third-order valence-corrected chi connectivity index (χ3v) is 11.5. The molecule has 2 nitrogen and oxygen atoms in total. The highest BCUT2D eigenvalue weighted by molar-refractivity contribution is 5.13. The molecule has 0 radical (unpaired) electrons. The summed E-state index contributed by atoms with van der Waals surface area (Å²) in [5.74, 6) is 2.95.